The van der Waals surface area contributed by atoms with E-state index in [1.54, 1.807) is 12.1 Å². The third-order valence-corrected chi connectivity index (χ3v) is 2.35. The zero-order chi connectivity index (χ0) is 8.55. The molecule has 1 aromatic carbocycles. The maximum Gasteiger partial charge on any atom is 0.127 e. The van der Waals surface area contributed by atoms with E-state index in [1.807, 2.05) is 13.0 Å². The number of benzene rings is 1. The molecule has 2 heteroatoms. The van der Waals surface area contributed by atoms with Gasteiger partial charge in [-0.1, -0.05) is 17.7 Å². The molecule has 0 saturated carbocycles. The first-order valence-corrected chi connectivity index (χ1v) is 4.27. The van der Waals surface area contributed by atoms with Gasteiger partial charge in [0, 0.05) is 11.6 Å². The molecule has 0 amide bonds. The Kier molecular flexibility index (Phi) is 1.85. The molecule has 12 heavy (non-hydrogen) atoms. The van der Waals surface area contributed by atoms with Gasteiger partial charge in [0.2, 0.25) is 0 Å². The fourth-order valence-electron chi connectivity index (χ4n) is 1.48. The molecule has 0 radical (unpaired) electrons. The number of nitrogens with one attached hydrogen (secondary N) is 1. The van der Waals surface area contributed by atoms with Crippen LogP contribution >= 0.6 is 0 Å². The molecule has 0 aliphatic carbocycles. The Morgan fingerprint density at radius 3 is 2.83 bits per heavy atom. The van der Waals surface area contributed by atoms with Gasteiger partial charge in [0.1, 0.15) is 5.82 Å². The normalized spacial score (nSPS) is 22.0. The molecule has 1 heterocycles. The second-order valence-electron chi connectivity index (χ2n) is 3.32. The predicted octanol–water partition coefficient (Wildman–Crippen LogP) is 2.17. The van der Waals surface area contributed by atoms with E-state index in [4.69, 9.17) is 0 Å². The predicted molar refractivity (Wildman–Crippen MR) is 46.5 cm³/mol. The van der Waals surface area contributed by atoms with Crippen LogP contribution in [0.2, 0.25) is 0 Å². The van der Waals surface area contributed by atoms with Crippen LogP contribution in [0, 0.1) is 12.7 Å². The largest absolute Gasteiger partial charge is 0.310 e. The van der Waals surface area contributed by atoms with E-state index in [0.29, 0.717) is 0 Å². The Balaban J connectivity index is 2.34. The molecule has 0 unspecified atom stereocenters. The topological polar surface area (TPSA) is 12.0 Å². The average molecular weight is 165 g/mol. The highest BCUT2D eigenvalue weighted by molar-refractivity contribution is 5.27. The molecule has 0 bridgehead atoms. The first kappa shape index (κ1) is 7.74. The van der Waals surface area contributed by atoms with Crippen molar-refractivity contribution in [2.24, 2.45) is 0 Å². The van der Waals surface area contributed by atoms with E-state index in [1.165, 1.54) is 0 Å². The van der Waals surface area contributed by atoms with Crippen molar-refractivity contribution in [2.75, 3.05) is 6.54 Å². The molecular formula is C10H12FN. The summed E-state index contributed by atoms with van der Waals surface area (Å²) in [7, 11) is 0. The second kappa shape index (κ2) is 2.87. The van der Waals surface area contributed by atoms with Gasteiger partial charge < -0.3 is 5.32 Å². The summed E-state index contributed by atoms with van der Waals surface area (Å²) in [5, 5.41) is 3.19. The lowest BCUT2D eigenvalue weighted by molar-refractivity contribution is 0.370. The van der Waals surface area contributed by atoms with Crippen LogP contribution in [0.3, 0.4) is 0 Å². The Morgan fingerprint density at radius 2 is 2.25 bits per heavy atom. The number of aryl methyl sites for hydroxylation is 1. The van der Waals surface area contributed by atoms with E-state index < -0.39 is 0 Å². The van der Waals surface area contributed by atoms with E-state index >= 15 is 0 Å². The molecule has 1 aliphatic heterocycles. The average Bonchev–Trinajstić information content (AvgIpc) is 1.93. The zero-order valence-corrected chi connectivity index (χ0v) is 7.10. The third-order valence-electron chi connectivity index (χ3n) is 2.35. The first-order valence-electron chi connectivity index (χ1n) is 4.27. The van der Waals surface area contributed by atoms with Crippen molar-refractivity contribution < 1.29 is 4.39 Å². The van der Waals surface area contributed by atoms with Crippen LogP contribution in [0.25, 0.3) is 0 Å². The van der Waals surface area contributed by atoms with Gasteiger partial charge in [-0.15, -0.1) is 0 Å². The van der Waals surface area contributed by atoms with E-state index in [0.717, 1.165) is 24.1 Å². The molecule has 1 aromatic rings. The summed E-state index contributed by atoms with van der Waals surface area (Å²) in [6.07, 6.45) is 1.06. The molecule has 2 rings (SSSR count). The minimum absolute atomic E-state index is 0.0854. The summed E-state index contributed by atoms with van der Waals surface area (Å²) in [5.41, 5.74) is 1.95. The summed E-state index contributed by atoms with van der Waals surface area (Å²) in [5.74, 6) is -0.0854. The highest BCUT2D eigenvalue weighted by atomic mass is 19.1. The number of halogens is 1. The summed E-state index contributed by atoms with van der Waals surface area (Å²) in [4.78, 5) is 0. The van der Waals surface area contributed by atoms with Crippen molar-refractivity contribution in [3.05, 3.63) is 35.1 Å². The van der Waals surface area contributed by atoms with Crippen molar-refractivity contribution >= 4 is 0 Å². The van der Waals surface area contributed by atoms with E-state index in [9.17, 15) is 4.39 Å². The van der Waals surface area contributed by atoms with Gasteiger partial charge in [0.05, 0.1) is 0 Å². The highest BCUT2D eigenvalue weighted by Crippen LogP contribution is 2.25. The van der Waals surface area contributed by atoms with Crippen LogP contribution in [-0.4, -0.2) is 6.54 Å². The van der Waals surface area contributed by atoms with Gasteiger partial charge in [0.25, 0.3) is 0 Å². The van der Waals surface area contributed by atoms with Gasteiger partial charge in [0.15, 0.2) is 0 Å². The lowest BCUT2D eigenvalue weighted by Gasteiger charge is -2.28. The van der Waals surface area contributed by atoms with Crippen LogP contribution in [0.15, 0.2) is 18.2 Å². The van der Waals surface area contributed by atoms with E-state index in [-0.39, 0.29) is 11.9 Å². The molecule has 1 fully saturated rings. The molecule has 1 atom stereocenters. The Labute approximate surface area is 71.6 Å². The zero-order valence-electron chi connectivity index (χ0n) is 7.10. The fraction of sp³-hybridized carbons (Fsp3) is 0.400. The third kappa shape index (κ3) is 1.23. The lowest BCUT2D eigenvalue weighted by Crippen LogP contribution is -2.35. The molecule has 1 aliphatic rings. The molecule has 0 aromatic heterocycles. The maximum atomic E-state index is 13.2. The Hall–Kier alpha value is -0.890. The first-order chi connectivity index (χ1) is 5.77. The van der Waals surface area contributed by atoms with Gasteiger partial charge in [-0.2, -0.15) is 0 Å². The highest BCUT2D eigenvalue weighted by Gasteiger charge is 2.21. The number of hydrogen-bond acceptors (Lipinski definition) is 1. The van der Waals surface area contributed by atoms with Crippen LogP contribution in [0.1, 0.15) is 23.6 Å². The minimum atomic E-state index is -0.0854. The molecule has 1 saturated heterocycles. The summed E-state index contributed by atoms with van der Waals surface area (Å²) in [6, 6.07) is 5.53. The molecule has 1 N–H and O–H groups in total. The van der Waals surface area contributed by atoms with Gasteiger partial charge >= 0.3 is 0 Å². The van der Waals surface area contributed by atoms with Crippen LogP contribution in [-0.2, 0) is 0 Å². The standard InChI is InChI=1S/C10H12FN/c1-7-2-3-9(11)8(6-7)10-4-5-12-10/h2-3,6,10,12H,4-5H2,1H3/t10-/m0/s1. The number of rotatable bonds is 1. The molecule has 0 spiro atoms. The summed E-state index contributed by atoms with van der Waals surface area (Å²) in [6.45, 7) is 3.00. The van der Waals surface area contributed by atoms with Crippen LogP contribution in [0.4, 0.5) is 4.39 Å². The van der Waals surface area contributed by atoms with Gasteiger partial charge in [-0.3, -0.25) is 0 Å². The second-order valence-corrected chi connectivity index (χ2v) is 3.32. The smallest absolute Gasteiger partial charge is 0.127 e. The molecule has 64 valence electrons. The Bertz CT molecular complexity index is 292. The van der Waals surface area contributed by atoms with Gasteiger partial charge in [-0.25, -0.2) is 4.39 Å². The fourth-order valence-corrected chi connectivity index (χ4v) is 1.48. The lowest BCUT2D eigenvalue weighted by atomic mass is 9.96. The SMILES string of the molecule is Cc1ccc(F)c([C@@H]2CCN2)c1. The van der Waals surface area contributed by atoms with Crippen LogP contribution in [0.5, 0.6) is 0 Å². The number of hydrogen-bond donors (Lipinski definition) is 1. The quantitative estimate of drug-likeness (QED) is 0.672. The molecule has 1 nitrogen and oxygen atoms in total. The minimum Gasteiger partial charge on any atom is -0.310 e. The summed E-state index contributed by atoms with van der Waals surface area (Å²) >= 11 is 0. The monoisotopic (exact) mass is 165 g/mol. The van der Waals surface area contributed by atoms with Gasteiger partial charge in [-0.05, 0) is 26.0 Å². The van der Waals surface area contributed by atoms with Crippen molar-refractivity contribution in [3.63, 3.8) is 0 Å². The summed E-state index contributed by atoms with van der Waals surface area (Å²) < 4.78 is 13.2. The van der Waals surface area contributed by atoms with Crippen molar-refractivity contribution in [2.45, 2.75) is 19.4 Å². The van der Waals surface area contributed by atoms with Crippen molar-refractivity contribution in [3.8, 4) is 0 Å². The molecular weight excluding hydrogens is 153 g/mol. The Morgan fingerprint density at radius 1 is 1.50 bits per heavy atom. The maximum absolute atomic E-state index is 13.2. The van der Waals surface area contributed by atoms with Crippen LogP contribution < -0.4 is 5.32 Å². The van der Waals surface area contributed by atoms with E-state index in [2.05, 4.69) is 5.32 Å². The van der Waals surface area contributed by atoms with Crippen molar-refractivity contribution in [1.29, 1.82) is 0 Å². The van der Waals surface area contributed by atoms with Crippen molar-refractivity contribution in [1.82, 2.24) is 5.32 Å².